The lowest BCUT2D eigenvalue weighted by Crippen LogP contribution is -2.18. The fraction of sp³-hybridized carbons (Fsp3) is 0.545. The highest BCUT2D eigenvalue weighted by molar-refractivity contribution is 5.84. The van der Waals surface area contributed by atoms with Crippen molar-refractivity contribution in [1.82, 2.24) is 0 Å². The monoisotopic (exact) mass is 376 g/mol. The Labute approximate surface area is 161 Å². The molecule has 0 amide bonds. The fourth-order valence-corrected chi connectivity index (χ4v) is 3.03. The van der Waals surface area contributed by atoms with Gasteiger partial charge in [0, 0.05) is 24.7 Å². The van der Waals surface area contributed by atoms with Crippen LogP contribution in [0.2, 0.25) is 0 Å². The summed E-state index contributed by atoms with van der Waals surface area (Å²) in [5, 5.41) is 28.2. The molecule has 150 valence electrons. The van der Waals surface area contributed by atoms with E-state index in [1.807, 2.05) is 43.4 Å². The number of hydrogen-bond donors (Lipinski definition) is 3. The van der Waals surface area contributed by atoms with Crippen LogP contribution in [0.15, 0.2) is 48.6 Å². The second kappa shape index (κ2) is 13.2. The molecule has 0 heterocycles. The Morgan fingerprint density at radius 2 is 1.78 bits per heavy atom. The van der Waals surface area contributed by atoms with Crippen molar-refractivity contribution in [2.45, 2.75) is 64.1 Å². The Balaban J connectivity index is 2.35. The second-order valence-electron chi connectivity index (χ2n) is 6.84. The zero-order valence-electron chi connectivity index (χ0n) is 16.0. The number of allylic oxidation sites excluding steroid dienone is 6. The Morgan fingerprint density at radius 1 is 1.15 bits per heavy atom. The minimum atomic E-state index is -0.784. The molecule has 0 aromatic heterocycles. The number of carboxylic acid groups (broad SMARTS) is 1. The van der Waals surface area contributed by atoms with Crippen molar-refractivity contribution < 1.29 is 24.9 Å². The molecule has 0 aromatic carbocycles. The summed E-state index contributed by atoms with van der Waals surface area (Å²) in [5.74, 6) is -1.16. The van der Waals surface area contributed by atoms with Gasteiger partial charge in [-0.25, -0.2) is 0 Å². The van der Waals surface area contributed by atoms with E-state index >= 15 is 0 Å². The van der Waals surface area contributed by atoms with Gasteiger partial charge in [-0.1, -0.05) is 55.5 Å². The smallest absolute Gasteiger partial charge is 0.303 e. The van der Waals surface area contributed by atoms with E-state index in [1.54, 1.807) is 12.2 Å². The second-order valence-corrected chi connectivity index (χ2v) is 6.84. The van der Waals surface area contributed by atoms with Crippen molar-refractivity contribution in [2.24, 2.45) is 11.8 Å². The summed E-state index contributed by atoms with van der Waals surface area (Å²) in [7, 11) is 0. The molecule has 1 saturated carbocycles. The molecule has 1 aliphatic rings. The minimum absolute atomic E-state index is 0.0785. The van der Waals surface area contributed by atoms with E-state index in [9.17, 15) is 19.8 Å². The number of Topliss-reactive ketones (excluding diaryl/α,β-unsaturated/α-hetero) is 1. The average molecular weight is 376 g/mol. The Bertz CT molecular complexity index is 573. The van der Waals surface area contributed by atoms with E-state index in [0.29, 0.717) is 19.3 Å². The van der Waals surface area contributed by atoms with Crippen LogP contribution in [0.4, 0.5) is 0 Å². The highest BCUT2D eigenvalue weighted by Crippen LogP contribution is 2.33. The predicted molar refractivity (Wildman–Crippen MR) is 106 cm³/mol. The van der Waals surface area contributed by atoms with Crippen molar-refractivity contribution in [1.29, 1.82) is 0 Å². The Hall–Kier alpha value is -1.98. The number of carbonyl (C=O) groups excluding carboxylic acids is 1. The zero-order chi connectivity index (χ0) is 20.1. The van der Waals surface area contributed by atoms with Gasteiger partial charge < -0.3 is 15.3 Å². The van der Waals surface area contributed by atoms with E-state index in [0.717, 1.165) is 12.8 Å². The molecule has 0 aliphatic heterocycles. The highest BCUT2D eigenvalue weighted by atomic mass is 16.4. The standard InChI is InChI=1S/C22H32O5/c1-2-17(23)14-15-19-18(20(24)16-21(19)25)12-10-8-6-4-3-5-7-9-11-13-22(26)27/h3-4,7-10,14-15,17-19,21,23,25H,2,5-6,11-13,16H2,1H3,(H,26,27)/b4-3-,9-7-,10-8-,15-14+/t17-,18-,19+,21-/m0/s1. The van der Waals surface area contributed by atoms with E-state index in [2.05, 4.69) is 0 Å². The van der Waals surface area contributed by atoms with Gasteiger partial charge in [-0.3, -0.25) is 9.59 Å². The molecule has 5 nitrogen and oxygen atoms in total. The zero-order valence-corrected chi connectivity index (χ0v) is 16.0. The summed E-state index contributed by atoms with van der Waals surface area (Å²) < 4.78 is 0. The first-order valence-corrected chi connectivity index (χ1v) is 9.69. The van der Waals surface area contributed by atoms with Crippen molar-refractivity contribution >= 4 is 11.8 Å². The normalized spacial score (nSPS) is 24.9. The van der Waals surface area contributed by atoms with Crippen LogP contribution in [0.1, 0.15) is 51.9 Å². The largest absolute Gasteiger partial charge is 0.481 e. The molecule has 1 aliphatic carbocycles. The van der Waals surface area contributed by atoms with Crippen LogP contribution < -0.4 is 0 Å². The van der Waals surface area contributed by atoms with Gasteiger partial charge in [-0.2, -0.15) is 0 Å². The first-order valence-electron chi connectivity index (χ1n) is 9.69. The lowest BCUT2D eigenvalue weighted by Gasteiger charge is -2.16. The molecule has 0 spiro atoms. The van der Waals surface area contributed by atoms with Gasteiger partial charge in [-0.05, 0) is 32.1 Å². The first-order chi connectivity index (χ1) is 13.0. The molecule has 1 rings (SSSR count). The minimum Gasteiger partial charge on any atom is -0.481 e. The fourth-order valence-electron chi connectivity index (χ4n) is 3.03. The lowest BCUT2D eigenvalue weighted by molar-refractivity contribution is -0.136. The summed E-state index contributed by atoms with van der Waals surface area (Å²) in [6, 6.07) is 0. The molecule has 27 heavy (non-hydrogen) atoms. The summed E-state index contributed by atoms with van der Waals surface area (Å²) in [5.41, 5.74) is 0. The van der Waals surface area contributed by atoms with Gasteiger partial charge in [0.25, 0.3) is 0 Å². The molecule has 0 bridgehead atoms. The first kappa shape index (κ1) is 23.1. The molecule has 0 saturated heterocycles. The lowest BCUT2D eigenvalue weighted by atomic mass is 9.90. The van der Waals surface area contributed by atoms with E-state index < -0.39 is 18.2 Å². The van der Waals surface area contributed by atoms with Crippen LogP contribution in [0.3, 0.4) is 0 Å². The van der Waals surface area contributed by atoms with Crippen LogP contribution in [-0.4, -0.2) is 39.3 Å². The van der Waals surface area contributed by atoms with Gasteiger partial charge in [0.05, 0.1) is 12.2 Å². The van der Waals surface area contributed by atoms with Crippen LogP contribution in [-0.2, 0) is 9.59 Å². The number of aliphatic hydroxyl groups excluding tert-OH is 2. The summed E-state index contributed by atoms with van der Waals surface area (Å²) >= 11 is 0. The molecule has 1 fully saturated rings. The van der Waals surface area contributed by atoms with E-state index in [1.165, 1.54) is 0 Å². The van der Waals surface area contributed by atoms with Crippen LogP contribution in [0.5, 0.6) is 0 Å². The van der Waals surface area contributed by atoms with Crippen LogP contribution >= 0.6 is 0 Å². The third kappa shape index (κ3) is 9.50. The van der Waals surface area contributed by atoms with Crippen molar-refractivity contribution in [3.05, 3.63) is 48.6 Å². The molecule has 0 unspecified atom stereocenters. The molecular formula is C22H32O5. The summed E-state index contributed by atoms with van der Waals surface area (Å²) in [6.45, 7) is 1.88. The van der Waals surface area contributed by atoms with Crippen molar-refractivity contribution in [3.63, 3.8) is 0 Å². The number of aliphatic carboxylic acids is 1. The molecule has 3 N–H and O–H groups in total. The molecule has 5 heteroatoms. The van der Waals surface area contributed by atoms with E-state index in [4.69, 9.17) is 5.11 Å². The Morgan fingerprint density at radius 3 is 2.41 bits per heavy atom. The van der Waals surface area contributed by atoms with Gasteiger partial charge in [0.2, 0.25) is 0 Å². The number of carboxylic acids is 1. The quantitative estimate of drug-likeness (QED) is 0.453. The average Bonchev–Trinajstić information content (AvgIpc) is 2.90. The maximum Gasteiger partial charge on any atom is 0.303 e. The van der Waals surface area contributed by atoms with E-state index in [-0.39, 0.29) is 30.5 Å². The van der Waals surface area contributed by atoms with Gasteiger partial charge in [-0.15, -0.1) is 0 Å². The van der Waals surface area contributed by atoms with Gasteiger partial charge in [0.15, 0.2) is 0 Å². The van der Waals surface area contributed by atoms with Crippen molar-refractivity contribution in [2.75, 3.05) is 0 Å². The molecular weight excluding hydrogens is 344 g/mol. The maximum absolute atomic E-state index is 12.1. The van der Waals surface area contributed by atoms with Gasteiger partial charge in [0.1, 0.15) is 5.78 Å². The third-order valence-electron chi connectivity index (χ3n) is 4.67. The number of rotatable bonds is 12. The number of carbonyl (C=O) groups is 2. The number of ketones is 1. The number of hydrogen-bond acceptors (Lipinski definition) is 4. The molecule has 4 atom stereocenters. The third-order valence-corrected chi connectivity index (χ3v) is 4.67. The summed E-state index contributed by atoms with van der Waals surface area (Å²) in [4.78, 5) is 22.5. The van der Waals surface area contributed by atoms with Crippen LogP contribution in [0.25, 0.3) is 0 Å². The molecule has 0 radical (unpaired) electrons. The topological polar surface area (TPSA) is 94.8 Å². The maximum atomic E-state index is 12.1. The Kier molecular flexibility index (Phi) is 11.3. The summed E-state index contributed by atoms with van der Waals surface area (Å²) in [6.07, 6.45) is 17.7. The van der Waals surface area contributed by atoms with Crippen LogP contribution in [0, 0.1) is 11.8 Å². The predicted octanol–water partition coefficient (Wildman–Crippen LogP) is 3.58. The van der Waals surface area contributed by atoms with Crippen molar-refractivity contribution in [3.8, 4) is 0 Å². The number of aliphatic hydroxyl groups is 2. The highest BCUT2D eigenvalue weighted by Gasteiger charge is 2.39. The SMILES string of the molecule is CC[C@H](O)/C=C/[C@@H]1[C@H](C/C=C\C/C=C\C/C=C\CCC(=O)O)C(=O)C[C@@H]1O. The van der Waals surface area contributed by atoms with Gasteiger partial charge >= 0.3 is 5.97 Å². The molecule has 0 aromatic rings.